The van der Waals surface area contributed by atoms with E-state index < -0.39 is 17.4 Å². The average molecular weight is 467 g/mol. The minimum atomic E-state index is -4.68. The Labute approximate surface area is 189 Å². The Balaban J connectivity index is 1.93. The minimum absolute atomic E-state index is 0.0334. The normalized spacial score (nSPS) is 11.9. The molecule has 0 fully saturated rings. The van der Waals surface area contributed by atoms with Crippen LogP contribution in [0.3, 0.4) is 0 Å². The molecule has 0 unspecified atom stereocenters. The van der Waals surface area contributed by atoms with Crippen LogP contribution in [0.2, 0.25) is 0 Å². The fraction of sp³-hybridized carbons (Fsp3) is 0.458. The largest absolute Gasteiger partial charge is 0.494 e. The van der Waals surface area contributed by atoms with E-state index in [0.29, 0.717) is 68.0 Å². The van der Waals surface area contributed by atoms with E-state index in [1.165, 1.54) is 22.8 Å². The first-order valence-electron chi connectivity index (χ1n) is 11.1. The maximum atomic E-state index is 13.6. The smallest absolute Gasteiger partial charge is 0.417 e. The zero-order valence-electron chi connectivity index (χ0n) is 18.7. The molecule has 2 N–H and O–H groups in total. The number of hydrogen-bond acceptors (Lipinski definition) is 5. The summed E-state index contributed by atoms with van der Waals surface area (Å²) >= 11 is 0. The number of alkyl halides is 3. The third-order valence-electron chi connectivity index (χ3n) is 5.44. The Morgan fingerprint density at radius 3 is 2.30 bits per heavy atom. The Bertz CT molecular complexity index is 1140. The second kappa shape index (κ2) is 10.2. The Morgan fingerprint density at radius 1 is 1.03 bits per heavy atom. The molecule has 33 heavy (non-hydrogen) atoms. The van der Waals surface area contributed by atoms with Crippen molar-refractivity contribution in [2.24, 2.45) is 0 Å². The third-order valence-corrected chi connectivity index (χ3v) is 5.44. The standard InChI is InChI=1S/C24H28F3NO5/c1-3-7-15-13-17-18(24(25,26)27)14-21(31)33-23(17)16(8-4-2)22(15)32-12-6-5-11-28-19(29)9-10-20(28)30/h9-10,13-14,29-30H,3-8,11-12H2,1-2H3. The molecular formula is C24H28F3NO5. The molecule has 0 bridgehead atoms. The van der Waals surface area contributed by atoms with Gasteiger partial charge in [-0.1, -0.05) is 26.7 Å². The number of rotatable bonds is 10. The fourth-order valence-corrected chi connectivity index (χ4v) is 3.98. The van der Waals surface area contributed by atoms with E-state index in [-0.39, 0.29) is 29.3 Å². The van der Waals surface area contributed by atoms with Gasteiger partial charge in [0.05, 0.1) is 12.2 Å². The molecular weight excluding hydrogens is 439 g/mol. The molecule has 0 saturated heterocycles. The average Bonchev–Trinajstić information content (AvgIpc) is 3.06. The molecule has 6 nitrogen and oxygen atoms in total. The van der Waals surface area contributed by atoms with Crippen molar-refractivity contribution in [1.82, 2.24) is 4.57 Å². The highest BCUT2D eigenvalue weighted by Crippen LogP contribution is 2.40. The topological polar surface area (TPSA) is 84.8 Å². The molecule has 2 aromatic heterocycles. The molecule has 180 valence electrons. The first-order chi connectivity index (χ1) is 15.7. The summed E-state index contributed by atoms with van der Waals surface area (Å²) in [4.78, 5) is 11.9. The highest BCUT2D eigenvalue weighted by molar-refractivity contribution is 5.87. The summed E-state index contributed by atoms with van der Waals surface area (Å²) in [5.41, 5.74) is -1.00. The van der Waals surface area contributed by atoms with Gasteiger partial charge in [0.25, 0.3) is 0 Å². The van der Waals surface area contributed by atoms with Gasteiger partial charge in [-0.15, -0.1) is 0 Å². The highest BCUT2D eigenvalue weighted by Gasteiger charge is 2.35. The second-order valence-corrected chi connectivity index (χ2v) is 7.95. The van der Waals surface area contributed by atoms with E-state index in [9.17, 15) is 28.2 Å². The van der Waals surface area contributed by atoms with Crippen LogP contribution in [-0.4, -0.2) is 21.4 Å². The van der Waals surface area contributed by atoms with Gasteiger partial charge >= 0.3 is 11.8 Å². The zero-order chi connectivity index (χ0) is 24.2. The van der Waals surface area contributed by atoms with Crippen molar-refractivity contribution in [2.45, 2.75) is 65.1 Å². The molecule has 0 aliphatic heterocycles. The number of benzene rings is 1. The zero-order valence-corrected chi connectivity index (χ0v) is 18.7. The Morgan fingerprint density at radius 2 is 1.70 bits per heavy atom. The quantitative estimate of drug-likeness (QED) is 0.291. The number of aromatic hydroxyl groups is 2. The van der Waals surface area contributed by atoms with Gasteiger partial charge in [0.1, 0.15) is 11.3 Å². The van der Waals surface area contributed by atoms with Gasteiger partial charge in [-0.05, 0) is 37.3 Å². The number of aromatic nitrogens is 1. The van der Waals surface area contributed by atoms with E-state index in [4.69, 9.17) is 9.15 Å². The molecule has 2 heterocycles. The number of nitrogens with zero attached hydrogens (tertiary/aromatic N) is 1. The van der Waals surface area contributed by atoms with Crippen molar-refractivity contribution in [3.05, 3.63) is 51.4 Å². The monoisotopic (exact) mass is 467 g/mol. The van der Waals surface area contributed by atoms with Crippen molar-refractivity contribution >= 4 is 11.0 Å². The molecule has 3 rings (SSSR count). The van der Waals surface area contributed by atoms with E-state index in [2.05, 4.69) is 0 Å². The minimum Gasteiger partial charge on any atom is -0.494 e. The van der Waals surface area contributed by atoms with Crippen molar-refractivity contribution in [2.75, 3.05) is 6.61 Å². The van der Waals surface area contributed by atoms with Gasteiger partial charge in [0.15, 0.2) is 11.8 Å². The SMILES string of the molecule is CCCc1cc2c(C(F)(F)F)cc(=O)oc2c(CCC)c1OCCCCn1c(O)ccc1O. The molecule has 0 radical (unpaired) electrons. The van der Waals surface area contributed by atoms with Crippen LogP contribution in [0.5, 0.6) is 17.5 Å². The first kappa shape index (κ1) is 24.5. The summed E-state index contributed by atoms with van der Waals surface area (Å²) in [5.74, 6) is 0.406. The van der Waals surface area contributed by atoms with Gasteiger partial charge < -0.3 is 19.4 Å². The number of hydrogen-bond donors (Lipinski definition) is 2. The van der Waals surface area contributed by atoms with Crippen LogP contribution >= 0.6 is 0 Å². The Kier molecular flexibility index (Phi) is 7.61. The van der Waals surface area contributed by atoms with Gasteiger partial charge in [-0.2, -0.15) is 13.2 Å². The summed E-state index contributed by atoms with van der Waals surface area (Å²) in [5, 5.41) is 19.3. The lowest BCUT2D eigenvalue weighted by molar-refractivity contribution is -0.136. The summed E-state index contributed by atoms with van der Waals surface area (Å²) in [7, 11) is 0. The maximum absolute atomic E-state index is 13.6. The van der Waals surface area contributed by atoms with Crippen LogP contribution in [0, 0.1) is 0 Å². The van der Waals surface area contributed by atoms with Gasteiger partial charge in [0.2, 0.25) is 0 Å². The number of ether oxygens (including phenoxy) is 1. The number of unbranched alkanes of at least 4 members (excludes halogenated alkanes) is 1. The van der Waals surface area contributed by atoms with Gasteiger partial charge in [-0.25, -0.2) is 4.79 Å². The molecule has 0 aliphatic carbocycles. The van der Waals surface area contributed by atoms with Crippen molar-refractivity contribution in [1.29, 1.82) is 0 Å². The molecule has 3 aromatic rings. The molecule has 0 atom stereocenters. The second-order valence-electron chi connectivity index (χ2n) is 7.95. The summed E-state index contributed by atoms with van der Waals surface area (Å²) in [6.45, 7) is 4.49. The third kappa shape index (κ3) is 5.46. The summed E-state index contributed by atoms with van der Waals surface area (Å²) in [6.07, 6.45) is -1.24. The van der Waals surface area contributed by atoms with E-state index >= 15 is 0 Å². The number of fused-ring (bicyclic) bond motifs is 1. The van der Waals surface area contributed by atoms with Crippen molar-refractivity contribution in [3.8, 4) is 17.5 Å². The lowest BCUT2D eigenvalue weighted by Gasteiger charge is -2.19. The van der Waals surface area contributed by atoms with Gasteiger partial charge in [-0.3, -0.25) is 4.57 Å². The van der Waals surface area contributed by atoms with Gasteiger partial charge in [0, 0.05) is 35.7 Å². The molecule has 9 heteroatoms. The lowest BCUT2D eigenvalue weighted by atomic mass is 9.96. The van der Waals surface area contributed by atoms with E-state index in [0.717, 1.165) is 0 Å². The molecule has 0 amide bonds. The lowest BCUT2D eigenvalue weighted by Crippen LogP contribution is -2.13. The number of halogens is 3. The summed E-state index contributed by atoms with van der Waals surface area (Å²) < 4.78 is 53.6. The van der Waals surface area contributed by atoms with Crippen LogP contribution in [0.1, 0.15) is 56.2 Å². The van der Waals surface area contributed by atoms with E-state index in [1.54, 1.807) is 0 Å². The molecule has 0 saturated carbocycles. The predicted octanol–water partition coefficient (Wildman–Crippen LogP) is 5.79. The molecule has 0 aliphatic rings. The van der Waals surface area contributed by atoms with E-state index in [1.807, 2.05) is 13.8 Å². The first-order valence-corrected chi connectivity index (χ1v) is 11.1. The number of aryl methyl sites for hydroxylation is 2. The van der Waals surface area contributed by atoms with Crippen LogP contribution in [0.4, 0.5) is 13.2 Å². The summed E-state index contributed by atoms with van der Waals surface area (Å²) in [6, 6.07) is 4.73. The van der Waals surface area contributed by atoms with Crippen LogP contribution in [0.25, 0.3) is 11.0 Å². The van der Waals surface area contributed by atoms with Crippen LogP contribution in [0.15, 0.2) is 33.5 Å². The molecule has 1 aromatic carbocycles. The predicted molar refractivity (Wildman–Crippen MR) is 118 cm³/mol. The van der Waals surface area contributed by atoms with Crippen LogP contribution in [-0.2, 0) is 25.6 Å². The van der Waals surface area contributed by atoms with Crippen molar-refractivity contribution < 1.29 is 32.5 Å². The maximum Gasteiger partial charge on any atom is 0.417 e. The highest BCUT2D eigenvalue weighted by atomic mass is 19.4. The van der Waals surface area contributed by atoms with Crippen LogP contribution < -0.4 is 10.4 Å². The fourth-order valence-electron chi connectivity index (χ4n) is 3.98. The Hall–Kier alpha value is -3.10. The van der Waals surface area contributed by atoms with Crippen molar-refractivity contribution in [3.63, 3.8) is 0 Å². The molecule has 0 spiro atoms.